The van der Waals surface area contributed by atoms with Crippen LogP contribution in [0.4, 0.5) is 0 Å². The Morgan fingerprint density at radius 3 is 2.73 bits per heavy atom. The summed E-state index contributed by atoms with van der Waals surface area (Å²) in [6, 6.07) is 7.86. The van der Waals surface area contributed by atoms with Crippen molar-refractivity contribution >= 4 is 15.9 Å². The summed E-state index contributed by atoms with van der Waals surface area (Å²) < 4.78 is 1.04. The average molecular weight is 217 g/mol. The van der Waals surface area contributed by atoms with Crippen LogP contribution in [-0.2, 0) is 16.4 Å². The second kappa shape index (κ2) is 4.49. The smallest absolute Gasteiger partial charge is 0.108 e. The molecule has 1 rings (SSSR count). The molecule has 0 spiro atoms. The van der Waals surface area contributed by atoms with Gasteiger partial charge >= 0.3 is 0 Å². The molecular weight excluding hydrogens is 208 g/mol. The molecule has 3 heteroatoms. The van der Waals surface area contributed by atoms with Crippen molar-refractivity contribution in [1.29, 1.82) is 0 Å². The normalized spacial score (nSPS) is 10.0. The molecule has 0 unspecified atom stereocenters. The van der Waals surface area contributed by atoms with Crippen LogP contribution in [0.3, 0.4) is 0 Å². The molecule has 0 heterocycles. The zero-order valence-corrected chi connectivity index (χ0v) is 7.80. The van der Waals surface area contributed by atoms with Gasteiger partial charge in [-0.15, -0.1) is 0 Å². The molecular formula is C8H9BrO2. The van der Waals surface area contributed by atoms with Crippen LogP contribution < -0.4 is 0 Å². The third-order valence-electron chi connectivity index (χ3n) is 1.29. The average Bonchev–Trinajstić information content (AvgIpc) is 2.03. The summed E-state index contributed by atoms with van der Waals surface area (Å²) >= 11 is 3.39. The van der Waals surface area contributed by atoms with Gasteiger partial charge in [-0.1, -0.05) is 34.1 Å². The maximum absolute atomic E-state index is 4.77. The van der Waals surface area contributed by atoms with Crippen molar-refractivity contribution in [2.75, 3.05) is 7.11 Å². The molecule has 11 heavy (non-hydrogen) atoms. The second-order valence-electron chi connectivity index (χ2n) is 2.02. The Morgan fingerprint density at radius 2 is 2.09 bits per heavy atom. The van der Waals surface area contributed by atoms with Gasteiger partial charge in [-0.25, -0.2) is 9.78 Å². The van der Waals surface area contributed by atoms with Crippen LogP contribution in [0.5, 0.6) is 0 Å². The molecule has 0 saturated carbocycles. The quantitative estimate of drug-likeness (QED) is 0.572. The Bertz CT molecular complexity index is 225. The number of benzene rings is 1. The van der Waals surface area contributed by atoms with Crippen LogP contribution >= 0.6 is 15.9 Å². The van der Waals surface area contributed by atoms with E-state index in [-0.39, 0.29) is 0 Å². The van der Waals surface area contributed by atoms with E-state index in [9.17, 15) is 0 Å². The van der Waals surface area contributed by atoms with E-state index >= 15 is 0 Å². The van der Waals surface area contributed by atoms with Gasteiger partial charge in [0.15, 0.2) is 0 Å². The van der Waals surface area contributed by atoms with E-state index in [2.05, 4.69) is 20.8 Å². The van der Waals surface area contributed by atoms with Crippen LogP contribution in [0, 0.1) is 0 Å². The minimum absolute atomic E-state index is 0.470. The lowest BCUT2D eigenvalue weighted by molar-refractivity contribution is -0.282. The van der Waals surface area contributed by atoms with E-state index in [0.29, 0.717) is 6.61 Å². The van der Waals surface area contributed by atoms with Crippen LogP contribution in [0.25, 0.3) is 0 Å². The first kappa shape index (κ1) is 8.71. The zero-order valence-electron chi connectivity index (χ0n) is 6.21. The van der Waals surface area contributed by atoms with Gasteiger partial charge in [-0.05, 0) is 11.6 Å². The number of halogens is 1. The Hall–Kier alpha value is -0.380. The molecule has 0 radical (unpaired) electrons. The highest BCUT2D eigenvalue weighted by molar-refractivity contribution is 9.10. The molecule has 60 valence electrons. The third-order valence-corrected chi connectivity index (χ3v) is 2.06. The predicted octanol–water partition coefficient (Wildman–Crippen LogP) is 2.53. The van der Waals surface area contributed by atoms with Gasteiger partial charge in [-0.2, -0.15) is 0 Å². The summed E-state index contributed by atoms with van der Waals surface area (Å²) in [4.78, 5) is 9.25. The van der Waals surface area contributed by atoms with Crippen LogP contribution in [0.2, 0.25) is 0 Å². The van der Waals surface area contributed by atoms with Gasteiger partial charge in [-0.3, -0.25) is 0 Å². The maximum Gasteiger partial charge on any atom is 0.108 e. The summed E-state index contributed by atoms with van der Waals surface area (Å²) in [5.74, 6) is 0. The molecule has 1 aromatic carbocycles. The van der Waals surface area contributed by atoms with Gasteiger partial charge in [0.2, 0.25) is 0 Å². The van der Waals surface area contributed by atoms with E-state index in [1.165, 1.54) is 7.11 Å². The monoisotopic (exact) mass is 216 g/mol. The van der Waals surface area contributed by atoms with Gasteiger partial charge in [0, 0.05) is 4.47 Å². The van der Waals surface area contributed by atoms with Crippen molar-refractivity contribution in [1.82, 2.24) is 0 Å². The van der Waals surface area contributed by atoms with Crippen LogP contribution in [-0.4, -0.2) is 7.11 Å². The fourth-order valence-electron chi connectivity index (χ4n) is 0.738. The summed E-state index contributed by atoms with van der Waals surface area (Å²) in [5.41, 5.74) is 1.08. The highest BCUT2D eigenvalue weighted by atomic mass is 79.9. The first-order chi connectivity index (χ1) is 5.34. The van der Waals surface area contributed by atoms with Crippen molar-refractivity contribution in [3.05, 3.63) is 34.3 Å². The lowest BCUT2D eigenvalue weighted by Crippen LogP contribution is -1.91. The van der Waals surface area contributed by atoms with E-state index < -0.39 is 0 Å². The minimum Gasteiger partial charge on any atom is -0.240 e. The molecule has 0 fully saturated rings. The zero-order chi connectivity index (χ0) is 8.10. The van der Waals surface area contributed by atoms with Crippen molar-refractivity contribution in [3.8, 4) is 0 Å². The predicted molar refractivity (Wildman–Crippen MR) is 45.9 cm³/mol. The number of rotatable bonds is 3. The summed E-state index contributed by atoms with van der Waals surface area (Å²) in [6.45, 7) is 0.470. The topological polar surface area (TPSA) is 18.5 Å². The molecule has 2 nitrogen and oxygen atoms in total. The molecule has 0 aliphatic rings. The minimum atomic E-state index is 0.470. The molecule has 0 N–H and O–H groups in total. The lowest BCUT2D eigenvalue weighted by atomic mass is 10.2. The molecule has 0 aliphatic heterocycles. The Balaban J connectivity index is 2.62. The number of hydrogen-bond donors (Lipinski definition) is 0. The van der Waals surface area contributed by atoms with Crippen molar-refractivity contribution in [3.63, 3.8) is 0 Å². The van der Waals surface area contributed by atoms with E-state index in [1.807, 2.05) is 24.3 Å². The van der Waals surface area contributed by atoms with Crippen molar-refractivity contribution in [2.45, 2.75) is 6.61 Å². The Morgan fingerprint density at radius 1 is 1.36 bits per heavy atom. The number of hydrogen-bond acceptors (Lipinski definition) is 2. The summed E-state index contributed by atoms with van der Waals surface area (Å²) in [5, 5.41) is 0. The molecule has 0 saturated heterocycles. The van der Waals surface area contributed by atoms with E-state index in [4.69, 9.17) is 4.89 Å². The Labute approximate surface area is 74.2 Å². The molecule has 0 amide bonds. The highest BCUT2D eigenvalue weighted by Crippen LogP contribution is 2.16. The summed E-state index contributed by atoms with van der Waals surface area (Å²) in [7, 11) is 1.50. The molecule has 1 aromatic rings. The second-order valence-corrected chi connectivity index (χ2v) is 2.87. The summed E-state index contributed by atoms with van der Waals surface area (Å²) in [6.07, 6.45) is 0. The SMILES string of the molecule is COOCc1ccccc1Br. The van der Waals surface area contributed by atoms with Gasteiger partial charge in [0.05, 0.1) is 7.11 Å². The van der Waals surface area contributed by atoms with Gasteiger partial charge in [0.1, 0.15) is 6.61 Å². The van der Waals surface area contributed by atoms with Crippen molar-refractivity contribution < 1.29 is 9.78 Å². The fraction of sp³-hybridized carbons (Fsp3) is 0.250. The van der Waals surface area contributed by atoms with Gasteiger partial charge < -0.3 is 0 Å². The van der Waals surface area contributed by atoms with Crippen LogP contribution in [0.15, 0.2) is 28.7 Å². The van der Waals surface area contributed by atoms with E-state index in [0.717, 1.165) is 10.0 Å². The fourth-order valence-corrected chi connectivity index (χ4v) is 1.14. The molecule has 0 aliphatic carbocycles. The third kappa shape index (κ3) is 2.61. The molecule has 0 aromatic heterocycles. The first-order valence-electron chi connectivity index (χ1n) is 3.23. The molecule has 0 atom stereocenters. The molecule has 0 bridgehead atoms. The highest BCUT2D eigenvalue weighted by Gasteiger charge is 1.96. The standard InChI is InChI=1S/C8H9BrO2/c1-10-11-6-7-4-2-3-5-8(7)9/h2-5H,6H2,1H3. The van der Waals surface area contributed by atoms with Gasteiger partial charge in [0.25, 0.3) is 0 Å². The van der Waals surface area contributed by atoms with Crippen LogP contribution in [0.1, 0.15) is 5.56 Å². The Kier molecular flexibility index (Phi) is 3.56. The van der Waals surface area contributed by atoms with Crippen molar-refractivity contribution in [2.24, 2.45) is 0 Å². The largest absolute Gasteiger partial charge is 0.240 e. The lowest BCUT2D eigenvalue weighted by Gasteiger charge is -2.01. The first-order valence-corrected chi connectivity index (χ1v) is 4.03. The maximum atomic E-state index is 4.77. The van der Waals surface area contributed by atoms with E-state index in [1.54, 1.807) is 0 Å².